The van der Waals surface area contributed by atoms with E-state index < -0.39 is 6.04 Å². The van der Waals surface area contributed by atoms with Gasteiger partial charge in [-0.1, -0.05) is 54.0 Å². The number of anilines is 1. The van der Waals surface area contributed by atoms with Crippen LogP contribution in [0.1, 0.15) is 42.5 Å². The molecule has 2 amide bonds. The summed E-state index contributed by atoms with van der Waals surface area (Å²) >= 11 is 0. The lowest BCUT2D eigenvalue weighted by Gasteiger charge is -2.35. The number of aromatic nitrogens is 2. The molecule has 2 heterocycles. The molecule has 0 aliphatic carbocycles. The Labute approximate surface area is 203 Å². The molecule has 1 N–H and O–H groups in total. The first-order chi connectivity index (χ1) is 16.9. The van der Waals surface area contributed by atoms with Gasteiger partial charge in [0, 0.05) is 11.3 Å². The number of aryl methyl sites for hydroxylation is 2. The fraction of sp³-hybridized carbons (Fsp3) is 0.179. The summed E-state index contributed by atoms with van der Waals surface area (Å²) in [6.45, 7) is 5.98. The van der Waals surface area contributed by atoms with E-state index in [1.807, 2.05) is 62.4 Å². The number of hydrogen-bond acceptors (Lipinski definition) is 4. The van der Waals surface area contributed by atoms with Crippen molar-refractivity contribution in [2.45, 2.75) is 33.2 Å². The van der Waals surface area contributed by atoms with Gasteiger partial charge in [0.1, 0.15) is 5.82 Å². The van der Waals surface area contributed by atoms with Crippen molar-refractivity contribution in [2.75, 3.05) is 4.90 Å². The predicted molar refractivity (Wildman–Crippen MR) is 133 cm³/mol. The SMILES string of the molecule is CCc1ccc(N2C(=O)NC(c3ccc(C)cc3)C(c3nc(-c4ccc(F)cc4)no3)=C2C)cc1. The monoisotopic (exact) mass is 468 g/mol. The van der Waals surface area contributed by atoms with Gasteiger partial charge in [-0.25, -0.2) is 9.18 Å². The number of benzene rings is 3. The summed E-state index contributed by atoms with van der Waals surface area (Å²) < 4.78 is 19.1. The van der Waals surface area contributed by atoms with Crippen molar-refractivity contribution in [3.8, 4) is 11.4 Å². The molecule has 1 atom stereocenters. The maximum Gasteiger partial charge on any atom is 0.326 e. The lowest BCUT2D eigenvalue weighted by atomic mass is 9.94. The average molecular weight is 469 g/mol. The molecule has 35 heavy (non-hydrogen) atoms. The summed E-state index contributed by atoms with van der Waals surface area (Å²) in [4.78, 5) is 19.6. The second-order valence-electron chi connectivity index (χ2n) is 8.58. The largest absolute Gasteiger partial charge is 0.334 e. The highest BCUT2D eigenvalue weighted by atomic mass is 19.1. The van der Waals surface area contributed by atoms with Crippen LogP contribution in [-0.2, 0) is 6.42 Å². The van der Waals surface area contributed by atoms with E-state index >= 15 is 0 Å². The van der Waals surface area contributed by atoms with Gasteiger partial charge in [-0.2, -0.15) is 4.98 Å². The Balaban J connectivity index is 1.63. The number of nitrogens with one attached hydrogen (secondary N) is 1. The Morgan fingerprint density at radius 3 is 2.31 bits per heavy atom. The van der Waals surface area contributed by atoms with E-state index in [1.165, 1.54) is 17.7 Å². The quantitative estimate of drug-likeness (QED) is 0.365. The molecule has 5 rings (SSSR count). The van der Waals surface area contributed by atoms with Crippen LogP contribution in [0.3, 0.4) is 0 Å². The second kappa shape index (κ2) is 9.18. The molecule has 6 nitrogen and oxygen atoms in total. The summed E-state index contributed by atoms with van der Waals surface area (Å²) in [5.74, 6) is 0.302. The van der Waals surface area contributed by atoms with E-state index in [0.717, 1.165) is 23.2 Å². The summed E-state index contributed by atoms with van der Waals surface area (Å²) in [6.07, 6.45) is 0.913. The third kappa shape index (κ3) is 4.33. The highest BCUT2D eigenvalue weighted by Gasteiger charge is 2.36. The molecule has 7 heteroatoms. The Morgan fingerprint density at radius 2 is 1.66 bits per heavy atom. The predicted octanol–water partition coefficient (Wildman–Crippen LogP) is 6.45. The zero-order chi connectivity index (χ0) is 24.5. The minimum atomic E-state index is -0.476. The molecular formula is C28H25FN4O2. The number of amides is 2. The minimum absolute atomic E-state index is 0.237. The molecule has 0 radical (unpaired) electrons. The molecule has 0 spiro atoms. The highest BCUT2D eigenvalue weighted by Crippen LogP contribution is 2.39. The summed E-state index contributed by atoms with van der Waals surface area (Å²) in [6, 6.07) is 21.1. The molecule has 1 unspecified atom stereocenters. The van der Waals surface area contributed by atoms with Gasteiger partial charge < -0.3 is 9.84 Å². The first-order valence-electron chi connectivity index (χ1n) is 11.5. The smallest absolute Gasteiger partial charge is 0.326 e. The van der Waals surface area contributed by atoms with E-state index in [9.17, 15) is 9.18 Å². The summed E-state index contributed by atoms with van der Waals surface area (Å²) in [5, 5.41) is 7.25. The number of urea groups is 1. The molecule has 4 aromatic rings. The molecule has 1 aliphatic heterocycles. The van der Waals surface area contributed by atoms with Crippen LogP contribution >= 0.6 is 0 Å². The lowest BCUT2D eigenvalue weighted by Crippen LogP contribution is -2.46. The fourth-order valence-electron chi connectivity index (χ4n) is 4.27. The van der Waals surface area contributed by atoms with Crippen molar-refractivity contribution >= 4 is 17.3 Å². The van der Waals surface area contributed by atoms with Gasteiger partial charge in [-0.15, -0.1) is 0 Å². The van der Waals surface area contributed by atoms with Crippen molar-refractivity contribution in [3.05, 3.63) is 107 Å². The zero-order valence-electron chi connectivity index (χ0n) is 19.7. The molecule has 0 saturated heterocycles. The number of halogens is 1. The molecule has 0 saturated carbocycles. The fourth-order valence-corrected chi connectivity index (χ4v) is 4.27. The lowest BCUT2D eigenvalue weighted by molar-refractivity contribution is 0.244. The first-order valence-corrected chi connectivity index (χ1v) is 11.5. The number of hydrogen-bond donors (Lipinski definition) is 1. The highest BCUT2D eigenvalue weighted by molar-refractivity contribution is 6.01. The van der Waals surface area contributed by atoms with Crippen LogP contribution in [0.5, 0.6) is 0 Å². The second-order valence-corrected chi connectivity index (χ2v) is 8.58. The normalized spacial score (nSPS) is 15.9. The molecule has 1 aliphatic rings. The Morgan fingerprint density at radius 1 is 0.971 bits per heavy atom. The topological polar surface area (TPSA) is 71.3 Å². The van der Waals surface area contributed by atoms with Gasteiger partial charge in [0.15, 0.2) is 0 Å². The average Bonchev–Trinajstić information content (AvgIpc) is 3.35. The third-order valence-corrected chi connectivity index (χ3v) is 6.26. The summed E-state index contributed by atoms with van der Waals surface area (Å²) in [7, 11) is 0. The Bertz CT molecular complexity index is 1390. The van der Waals surface area contributed by atoms with E-state index in [1.54, 1.807) is 17.0 Å². The van der Waals surface area contributed by atoms with Crippen LogP contribution in [-0.4, -0.2) is 16.2 Å². The number of allylic oxidation sites excluding steroid dienone is 1. The van der Waals surface area contributed by atoms with E-state index in [-0.39, 0.29) is 11.8 Å². The van der Waals surface area contributed by atoms with Crippen LogP contribution in [0.25, 0.3) is 17.0 Å². The number of nitrogens with zero attached hydrogens (tertiary/aromatic N) is 3. The van der Waals surface area contributed by atoms with E-state index in [2.05, 4.69) is 22.4 Å². The summed E-state index contributed by atoms with van der Waals surface area (Å²) in [5.41, 5.74) is 5.99. The van der Waals surface area contributed by atoms with Crippen LogP contribution in [0, 0.1) is 12.7 Å². The van der Waals surface area contributed by atoms with E-state index in [0.29, 0.717) is 28.5 Å². The van der Waals surface area contributed by atoms with Crippen LogP contribution in [0.15, 0.2) is 83.0 Å². The standard InChI is InChI=1S/C28H25FN4O2/c1-4-19-7-15-23(16-8-19)33-18(3)24(25(30-28(33)34)20-9-5-17(2)6-10-20)27-31-26(32-35-27)21-11-13-22(29)14-12-21/h5-16,25H,4H2,1-3H3,(H,30,34). The van der Waals surface area contributed by atoms with Crippen molar-refractivity contribution < 1.29 is 13.7 Å². The van der Waals surface area contributed by atoms with Gasteiger partial charge in [0.25, 0.3) is 5.89 Å². The maximum atomic E-state index is 13.4. The molecule has 176 valence electrons. The molecular weight excluding hydrogens is 443 g/mol. The van der Waals surface area contributed by atoms with Gasteiger partial charge in [0.2, 0.25) is 5.82 Å². The number of carbonyl (C=O) groups is 1. The third-order valence-electron chi connectivity index (χ3n) is 6.26. The van der Waals surface area contributed by atoms with Gasteiger partial charge >= 0.3 is 6.03 Å². The van der Waals surface area contributed by atoms with Crippen LogP contribution in [0.4, 0.5) is 14.9 Å². The molecule has 1 aromatic heterocycles. The first kappa shape index (κ1) is 22.5. The van der Waals surface area contributed by atoms with E-state index in [4.69, 9.17) is 4.52 Å². The molecule has 0 bridgehead atoms. The molecule has 3 aromatic carbocycles. The van der Waals surface area contributed by atoms with Gasteiger partial charge in [-0.05, 0) is 67.8 Å². The van der Waals surface area contributed by atoms with Gasteiger partial charge in [0.05, 0.1) is 17.3 Å². The zero-order valence-corrected chi connectivity index (χ0v) is 19.7. The van der Waals surface area contributed by atoms with Crippen molar-refractivity contribution in [1.82, 2.24) is 15.5 Å². The number of carbonyl (C=O) groups excluding carboxylic acids is 1. The Hall–Kier alpha value is -4.26. The Kier molecular flexibility index (Phi) is 5.91. The van der Waals surface area contributed by atoms with Crippen molar-refractivity contribution in [2.24, 2.45) is 0 Å². The van der Waals surface area contributed by atoms with Gasteiger partial charge in [-0.3, -0.25) is 4.90 Å². The van der Waals surface area contributed by atoms with Crippen LogP contribution in [0.2, 0.25) is 0 Å². The van der Waals surface area contributed by atoms with Crippen LogP contribution < -0.4 is 10.2 Å². The maximum absolute atomic E-state index is 13.4. The van der Waals surface area contributed by atoms with Crippen molar-refractivity contribution in [3.63, 3.8) is 0 Å². The van der Waals surface area contributed by atoms with Crippen molar-refractivity contribution in [1.29, 1.82) is 0 Å². The minimum Gasteiger partial charge on any atom is -0.334 e. The molecule has 0 fully saturated rings. The number of rotatable bonds is 5.